The fourth-order valence-corrected chi connectivity index (χ4v) is 2.49. The summed E-state index contributed by atoms with van der Waals surface area (Å²) in [6.45, 7) is 8.73. The Bertz CT molecular complexity index is 467. The first-order valence-electron chi connectivity index (χ1n) is 7.49. The second kappa shape index (κ2) is 8.25. The summed E-state index contributed by atoms with van der Waals surface area (Å²) in [5, 5.41) is 6.48. The predicted octanol–water partition coefficient (Wildman–Crippen LogP) is 2.32. The van der Waals surface area contributed by atoms with Gasteiger partial charge < -0.3 is 15.5 Å². The Kier molecular flexibility index (Phi) is 6.99. The number of carbonyl (C=O) groups is 1. The minimum absolute atomic E-state index is 0. The Morgan fingerprint density at radius 1 is 1.38 bits per heavy atom. The molecule has 1 aromatic carbocycles. The molecule has 0 fully saturated rings. The van der Waals surface area contributed by atoms with E-state index in [4.69, 9.17) is 0 Å². The van der Waals surface area contributed by atoms with Gasteiger partial charge >= 0.3 is 0 Å². The third-order valence-corrected chi connectivity index (χ3v) is 3.99. The fourth-order valence-electron chi connectivity index (χ4n) is 2.49. The lowest BCUT2D eigenvalue weighted by atomic mass is 10.1. The van der Waals surface area contributed by atoms with Crippen molar-refractivity contribution in [1.29, 1.82) is 0 Å². The number of hydrogen-bond acceptors (Lipinski definition) is 3. The number of carbonyl (C=O) groups excluding carboxylic acids is 1. The van der Waals surface area contributed by atoms with Crippen LogP contribution in [0.15, 0.2) is 24.3 Å². The Hall–Kier alpha value is -1.26. The number of fused-ring (bicyclic) bond motifs is 1. The van der Waals surface area contributed by atoms with E-state index in [1.165, 1.54) is 11.3 Å². The SMILES string of the molecule is CCC(C)NC(=O)C(C)N1CCNCc2ccccc21.Cl. The highest BCUT2D eigenvalue weighted by atomic mass is 35.5. The molecule has 118 valence electrons. The summed E-state index contributed by atoms with van der Waals surface area (Å²) < 4.78 is 0. The second-order valence-corrected chi connectivity index (χ2v) is 5.49. The van der Waals surface area contributed by atoms with Gasteiger partial charge in [-0.05, 0) is 31.9 Å². The monoisotopic (exact) mass is 311 g/mol. The topological polar surface area (TPSA) is 44.4 Å². The molecule has 2 N–H and O–H groups in total. The second-order valence-electron chi connectivity index (χ2n) is 5.49. The highest BCUT2D eigenvalue weighted by molar-refractivity contribution is 5.85. The summed E-state index contributed by atoms with van der Waals surface area (Å²) in [7, 11) is 0. The third kappa shape index (κ3) is 4.35. The lowest BCUT2D eigenvalue weighted by Gasteiger charge is -2.31. The van der Waals surface area contributed by atoms with E-state index in [9.17, 15) is 4.79 Å². The van der Waals surface area contributed by atoms with Crippen molar-refractivity contribution in [2.75, 3.05) is 18.0 Å². The van der Waals surface area contributed by atoms with E-state index in [0.717, 1.165) is 26.1 Å². The first kappa shape index (κ1) is 17.8. The zero-order chi connectivity index (χ0) is 14.5. The summed E-state index contributed by atoms with van der Waals surface area (Å²) in [6.07, 6.45) is 0.955. The quantitative estimate of drug-likeness (QED) is 0.897. The molecule has 5 heteroatoms. The van der Waals surface area contributed by atoms with E-state index in [1.54, 1.807) is 0 Å². The first-order chi connectivity index (χ1) is 9.63. The number of nitrogens with one attached hydrogen (secondary N) is 2. The Morgan fingerprint density at radius 3 is 2.81 bits per heavy atom. The van der Waals surface area contributed by atoms with Gasteiger partial charge in [-0.2, -0.15) is 0 Å². The Morgan fingerprint density at radius 2 is 2.10 bits per heavy atom. The molecule has 1 heterocycles. The Balaban J connectivity index is 0.00000220. The number of anilines is 1. The van der Waals surface area contributed by atoms with Gasteiger partial charge in [0.1, 0.15) is 6.04 Å². The number of para-hydroxylation sites is 1. The van der Waals surface area contributed by atoms with Crippen LogP contribution < -0.4 is 15.5 Å². The van der Waals surface area contributed by atoms with E-state index >= 15 is 0 Å². The van der Waals surface area contributed by atoms with E-state index in [2.05, 4.69) is 34.6 Å². The van der Waals surface area contributed by atoms with Gasteiger partial charge in [-0.25, -0.2) is 0 Å². The number of amides is 1. The molecule has 2 atom stereocenters. The van der Waals surface area contributed by atoms with Crippen molar-refractivity contribution in [2.45, 2.75) is 45.8 Å². The van der Waals surface area contributed by atoms with Gasteiger partial charge in [0, 0.05) is 31.4 Å². The molecule has 0 aliphatic carbocycles. The molecule has 0 spiro atoms. The maximum absolute atomic E-state index is 12.4. The lowest BCUT2D eigenvalue weighted by Crippen LogP contribution is -2.48. The molecule has 0 radical (unpaired) electrons. The third-order valence-electron chi connectivity index (χ3n) is 3.99. The predicted molar refractivity (Wildman–Crippen MR) is 90.1 cm³/mol. The highest BCUT2D eigenvalue weighted by Crippen LogP contribution is 2.24. The van der Waals surface area contributed by atoms with E-state index in [0.29, 0.717) is 0 Å². The van der Waals surface area contributed by atoms with Crippen molar-refractivity contribution in [2.24, 2.45) is 0 Å². The molecule has 21 heavy (non-hydrogen) atoms. The first-order valence-corrected chi connectivity index (χ1v) is 7.49. The summed E-state index contributed by atoms with van der Waals surface area (Å²) in [5.41, 5.74) is 2.43. The largest absolute Gasteiger partial charge is 0.358 e. The van der Waals surface area contributed by atoms with Crippen LogP contribution in [0.2, 0.25) is 0 Å². The van der Waals surface area contributed by atoms with E-state index < -0.39 is 0 Å². The molecule has 0 bridgehead atoms. The molecule has 2 unspecified atom stereocenters. The fraction of sp³-hybridized carbons (Fsp3) is 0.562. The van der Waals surface area contributed by atoms with E-state index in [1.807, 2.05) is 26.0 Å². The molecular weight excluding hydrogens is 286 g/mol. The molecule has 1 aliphatic rings. The molecule has 2 rings (SSSR count). The zero-order valence-corrected chi connectivity index (χ0v) is 13.9. The van der Waals surface area contributed by atoms with Crippen molar-refractivity contribution in [3.05, 3.63) is 29.8 Å². The number of hydrogen-bond donors (Lipinski definition) is 2. The minimum atomic E-state index is -0.148. The van der Waals surface area contributed by atoms with Gasteiger partial charge in [-0.15, -0.1) is 12.4 Å². The van der Waals surface area contributed by atoms with Crippen LogP contribution in [0, 0.1) is 0 Å². The van der Waals surface area contributed by atoms with Crippen molar-refractivity contribution in [3.8, 4) is 0 Å². The molecule has 0 aromatic heterocycles. The maximum Gasteiger partial charge on any atom is 0.242 e. The molecule has 1 amide bonds. The summed E-state index contributed by atoms with van der Waals surface area (Å²) in [5.74, 6) is 0.107. The molecule has 1 aliphatic heterocycles. The lowest BCUT2D eigenvalue weighted by molar-refractivity contribution is -0.122. The van der Waals surface area contributed by atoms with Crippen LogP contribution in [0.3, 0.4) is 0 Å². The number of nitrogens with zero attached hydrogens (tertiary/aromatic N) is 1. The molecule has 0 saturated heterocycles. The van der Waals surface area contributed by atoms with Crippen LogP contribution in [0.1, 0.15) is 32.8 Å². The number of benzene rings is 1. The summed E-state index contributed by atoms with van der Waals surface area (Å²) in [4.78, 5) is 14.6. The molecule has 4 nitrogen and oxygen atoms in total. The van der Waals surface area contributed by atoms with Crippen molar-refractivity contribution >= 4 is 24.0 Å². The van der Waals surface area contributed by atoms with Gasteiger partial charge in [0.15, 0.2) is 0 Å². The standard InChI is InChI=1S/C16H25N3O.ClH/c1-4-12(2)18-16(20)13(3)19-10-9-17-11-14-7-5-6-8-15(14)19;/h5-8,12-13,17H,4,9-11H2,1-3H3,(H,18,20);1H. The normalized spacial score (nSPS) is 17.0. The highest BCUT2D eigenvalue weighted by Gasteiger charge is 2.25. The smallest absolute Gasteiger partial charge is 0.242 e. The Labute approximate surface area is 133 Å². The van der Waals surface area contributed by atoms with Gasteiger partial charge in [0.25, 0.3) is 0 Å². The van der Waals surface area contributed by atoms with Crippen molar-refractivity contribution in [3.63, 3.8) is 0 Å². The van der Waals surface area contributed by atoms with Crippen LogP contribution in [0.25, 0.3) is 0 Å². The molecule has 0 saturated carbocycles. The molecule has 1 aromatic rings. The number of rotatable bonds is 4. The average molecular weight is 312 g/mol. The van der Waals surface area contributed by atoms with Gasteiger partial charge in [0.05, 0.1) is 0 Å². The van der Waals surface area contributed by atoms with E-state index in [-0.39, 0.29) is 30.4 Å². The summed E-state index contributed by atoms with van der Waals surface area (Å²) >= 11 is 0. The van der Waals surface area contributed by atoms with Gasteiger partial charge in [-0.1, -0.05) is 25.1 Å². The zero-order valence-electron chi connectivity index (χ0n) is 13.1. The van der Waals surface area contributed by atoms with Crippen LogP contribution in [-0.2, 0) is 11.3 Å². The number of halogens is 1. The summed E-state index contributed by atoms with van der Waals surface area (Å²) in [6, 6.07) is 8.40. The van der Waals surface area contributed by atoms with Crippen molar-refractivity contribution < 1.29 is 4.79 Å². The molecular formula is C16H26ClN3O. The van der Waals surface area contributed by atoms with Crippen LogP contribution in [0.5, 0.6) is 0 Å². The van der Waals surface area contributed by atoms with Crippen LogP contribution in [0.4, 0.5) is 5.69 Å². The maximum atomic E-state index is 12.4. The van der Waals surface area contributed by atoms with Crippen molar-refractivity contribution in [1.82, 2.24) is 10.6 Å². The average Bonchev–Trinajstić information content (AvgIpc) is 2.68. The van der Waals surface area contributed by atoms with Crippen LogP contribution in [-0.4, -0.2) is 31.1 Å². The van der Waals surface area contributed by atoms with Gasteiger partial charge in [-0.3, -0.25) is 4.79 Å². The van der Waals surface area contributed by atoms with Crippen LogP contribution >= 0.6 is 12.4 Å². The minimum Gasteiger partial charge on any atom is -0.358 e. The van der Waals surface area contributed by atoms with Gasteiger partial charge in [0.2, 0.25) is 5.91 Å².